The van der Waals surface area contributed by atoms with Crippen molar-refractivity contribution in [1.82, 2.24) is 0 Å². The third-order valence-corrected chi connectivity index (χ3v) is 8.88. The predicted octanol–water partition coefficient (Wildman–Crippen LogP) is 15.5. The van der Waals surface area contributed by atoms with Crippen molar-refractivity contribution >= 4 is 0 Å². The molecule has 0 fully saturated rings. The molecule has 0 aromatic rings. The highest BCUT2D eigenvalue weighted by molar-refractivity contribution is 5.08. The summed E-state index contributed by atoms with van der Waals surface area (Å²) in [4.78, 5) is 0. The molecule has 0 heteroatoms. The quantitative estimate of drug-likeness (QED) is 0.0657. The lowest BCUT2D eigenvalue weighted by atomic mass is 10.0. The maximum absolute atomic E-state index is 3.33. The van der Waals surface area contributed by atoms with Gasteiger partial charge in [-0.3, -0.25) is 0 Å². The molecule has 0 aromatic heterocycles. The molecule has 0 amide bonds. The zero-order valence-electron chi connectivity index (χ0n) is 28.9. The normalized spacial score (nSPS) is 12.0. The lowest BCUT2D eigenvalue weighted by molar-refractivity contribution is 0.530. The smallest absolute Gasteiger partial charge is 0.0337 e. The summed E-state index contributed by atoms with van der Waals surface area (Å²) in [6, 6.07) is 0. The molecule has 0 rings (SSSR count). The van der Waals surface area contributed by atoms with E-state index in [-0.39, 0.29) is 0 Å². The summed E-state index contributed by atoms with van der Waals surface area (Å²) in [5.41, 5.74) is 0. The highest BCUT2D eigenvalue weighted by Crippen LogP contribution is 2.15. The van der Waals surface area contributed by atoms with Crippen LogP contribution in [0.15, 0.2) is 24.3 Å². The summed E-state index contributed by atoms with van der Waals surface area (Å²) < 4.78 is 0. The second-order valence-corrected chi connectivity index (χ2v) is 13.2. The van der Waals surface area contributed by atoms with Crippen molar-refractivity contribution in [2.24, 2.45) is 0 Å². The molecule has 41 heavy (non-hydrogen) atoms. The largest absolute Gasteiger partial charge is 0.0876 e. The molecule has 0 atom stereocenters. The number of rotatable bonds is 36. The van der Waals surface area contributed by atoms with Crippen LogP contribution in [0.5, 0.6) is 0 Å². The van der Waals surface area contributed by atoms with Gasteiger partial charge in [0.1, 0.15) is 0 Å². The van der Waals surface area contributed by atoms with Crippen molar-refractivity contribution in [1.29, 1.82) is 0 Å². The lowest BCUT2D eigenvalue weighted by Crippen LogP contribution is -1.83. The van der Waals surface area contributed by atoms with Crippen molar-refractivity contribution in [2.45, 2.75) is 232 Å². The fourth-order valence-corrected chi connectivity index (χ4v) is 5.98. The maximum atomic E-state index is 3.33. The van der Waals surface area contributed by atoms with Crippen LogP contribution in [0.3, 0.4) is 0 Å². The lowest BCUT2D eigenvalue weighted by Gasteiger charge is -2.03. The Hall–Kier alpha value is -0.520. The fourth-order valence-electron chi connectivity index (χ4n) is 5.98. The van der Waals surface area contributed by atoms with E-state index in [9.17, 15) is 0 Å². The van der Waals surface area contributed by atoms with Crippen LogP contribution < -0.4 is 0 Å². The number of allylic oxidation sites excluding steroid dienone is 4. The highest BCUT2D eigenvalue weighted by atomic mass is 14.0. The average Bonchev–Trinajstić information content (AvgIpc) is 2.98. The van der Waals surface area contributed by atoms with Crippen molar-refractivity contribution in [2.75, 3.05) is 0 Å². The van der Waals surface area contributed by atoms with Crippen LogP contribution in [0.4, 0.5) is 0 Å². The molecule has 0 saturated heterocycles. The summed E-state index contributed by atoms with van der Waals surface area (Å²) in [5, 5.41) is 0. The first kappa shape index (κ1) is 40.5. The van der Waals surface area contributed by atoms with Crippen LogP contribution >= 0.6 is 0 Å². The zero-order valence-corrected chi connectivity index (χ0v) is 28.9. The second-order valence-electron chi connectivity index (χ2n) is 13.2. The van der Waals surface area contributed by atoms with Gasteiger partial charge in [-0.1, -0.05) is 231 Å². The fraction of sp³-hybridized carbons (Fsp3) is 0.878. The van der Waals surface area contributed by atoms with Crippen LogP contribution in [0.1, 0.15) is 232 Å². The topological polar surface area (TPSA) is 0 Å². The van der Waals surface area contributed by atoms with E-state index in [4.69, 9.17) is 0 Å². The minimum absolute atomic E-state index is 1.22. The van der Waals surface area contributed by atoms with Crippen LogP contribution in [-0.4, -0.2) is 0 Å². The van der Waals surface area contributed by atoms with E-state index in [1.165, 1.54) is 218 Å². The Bertz CT molecular complexity index is 442. The monoisotopic (exact) mass is 571 g/mol. The molecule has 0 aromatic carbocycles. The molecule has 0 aliphatic heterocycles. The molecule has 0 spiro atoms. The third kappa shape index (κ3) is 39.5. The van der Waals surface area contributed by atoms with Crippen molar-refractivity contribution in [3.63, 3.8) is 0 Å². The molecule has 0 aliphatic carbocycles. The third-order valence-electron chi connectivity index (χ3n) is 8.88. The van der Waals surface area contributed by atoms with Crippen LogP contribution in [0, 0.1) is 6.42 Å². The summed E-state index contributed by atoms with van der Waals surface area (Å²) in [6.45, 7) is 4.61. The Morgan fingerprint density at radius 2 is 0.463 bits per heavy atom. The average molecular weight is 571 g/mol. The Labute approximate surface area is 262 Å². The van der Waals surface area contributed by atoms with Gasteiger partial charge in [-0.2, -0.15) is 0 Å². The molecule has 0 aliphatic rings. The number of hydrogen-bond acceptors (Lipinski definition) is 0. The van der Waals surface area contributed by atoms with Gasteiger partial charge in [0.25, 0.3) is 0 Å². The predicted molar refractivity (Wildman–Crippen MR) is 190 cm³/mol. The van der Waals surface area contributed by atoms with Crippen molar-refractivity contribution in [3.8, 4) is 0 Å². The van der Waals surface area contributed by atoms with Gasteiger partial charge in [0.15, 0.2) is 0 Å². The highest BCUT2D eigenvalue weighted by Gasteiger charge is 1.96. The molecular formula is C41H78. The Morgan fingerprint density at radius 3 is 0.683 bits per heavy atom. The molecule has 0 unspecified atom stereocenters. The first-order chi connectivity index (χ1) is 20.4. The maximum Gasteiger partial charge on any atom is 0.0337 e. The van der Waals surface area contributed by atoms with E-state index >= 15 is 0 Å². The van der Waals surface area contributed by atoms with E-state index in [1.807, 2.05) is 0 Å². The minimum Gasteiger partial charge on any atom is -0.0876 e. The van der Waals surface area contributed by atoms with Crippen LogP contribution in [-0.2, 0) is 0 Å². The van der Waals surface area contributed by atoms with Gasteiger partial charge in [-0.15, -0.1) is 0 Å². The Balaban J connectivity index is 3.14. The van der Waals surface area contributed by atoms with Gasteiger partial charge in [-0.05, 0) is 25.7 Å². The molecule has 0 bridgehead atoms. The molecule has 0 saturated carbocycles. The molecule has 0 heterocycles. The summed E-state index contributed by atoms with van der Waals surface area (Å²) in [7, 11) is 0. The van der Waals surface area contributed by atoms with Crippen molar-refractivity contribution < 1.29 is 0 Å². The van der Waals surface area contributed by atoms with Gasteiger partial charge in [-0.25, -0.2) is 0 Å². The van der Waals surface area contributed by atoms with E-state index in [1.54, 1.807) is 0 Å². The van der Waals surface area contributed by atoms with Crippen LogP contribution in [0.2, 0.25) is 0 Å². The molecular weight excluding hydrogens is 492 g/mol. The summed E-state index contributed by atoms with van der Waals surface area (Å²) in [5.74, 6) is 0. The first-order valence-electron chi connectivity index (χ1n) is 19.5. The SMILES string of the molecule is CCCCCCCCCCCCCCCCCC/C=C/[C]/C=C/CCCCCCCCCCCCCCCCCC. The number of hydrogen-bond donors (Lipinski definition) is 0. The van der Waals surface area contributed by atoms with E-state index in [0.717, 1.165) is 0 Å². The van der Waals surface area contributed by atoms with Gasteiger partial charge in [0, 0.05) is 6.42 Å². The standard InChI is InChI=1S/C41H78/c1-3-5-7-9-11-13-15-17-19-21-23-25-27-29-31-33-35-37-39-41-40-38-36-34-32-30-28-26-24-22-20-18-16-14-12-10-8-6-4-2/h37-40H,3-36H2,1-2H3/b39-37+,40-38+. The molecule has 0 nitrogen and oxygen atoms in total. The van der Waals surface area contributed by atoms with Gasteiger partial charge in [0.05, 0.1) is 0 Å². The first-order valence-corrected chi connectivity index (χ1v) is 19.5. The Morgan fingerprint density at radius 1 is 0.268 bits per heavy atom. The van der Waals surface area contributed by atoms with Crippen molar-refractivity contribution in [3.05, 3.63) is 30.7 Å². The van der Waals surface area contributed by atoms with Crippen LogP contribution in [0.25, 0.3) is 0 Å². The van der Waals surface area contributed by atoms with Gasteiger partial charge >= 0.3 is 0 Å². The molecule has 242 valence electrons. The Kier molecular flexibility index (Phi) is 39.0. The van der Waals surface area contributed by atoms with E-state index in [2.05, 4.69) is 44.6 Å². The number of unbranched alkanes of at least 4 members (excludes halogenated alkanes) is 32. The minimum atomic E-state index is 1.22. The summed E-state index contributed by atoms with van der Waals surface area (Å²) in [6.07, 6.45) is 60.9. The van der Waals surface area contributed by atoms with E-state index < -0.39 is 0 Å². The molecule has 0 N–H and O–H groups in total. The second kappa shape index (κ2) is 39.5. The zero-order chi connectivity index (χ0) is 29.6. The summed E-state index contributed by atoms with van der Waals surface area (Å²) >= 11 is 0. The van der Waals surface area contributed by atoms with Gasteiger partial charge in [0.2, 0.25) is 0 Å². The van der Waals surface area contributed by atoms with E-state index in [0.29, 0.717) is 0 Å². The van der Waals surface area contributed by atoms with Gasteiger partial charge < -0.3 is 0 Å². The molecule has 2 radical (unpaired) electrons.